The summed E-state index contributed by atoms with van der Waals surface area (Å²) in [6.45, 7) is 1.03. The topological polar surface area (TPSA) is 38.0 Å². The van der Waals surface area contributed by atoms with Gasteiger partial charge in [-0.05, 0) is 35.7 Å². The highest BCUT2D eigenvalue weighted by Crippen LogP contribution is 2.36. The Hall–Kier alpha value is -1.96. The van der Waals surface area contributed by atoms with E-state index in [4.69, 9.17) is 5.73 Å². The molecule has 0 saturated carbocycles. The molecule has 2 aromatic carbocycles. The first-order valence-corrected chi connectivity index (χ1v) is 6.03. The molecule has 0 aromatic heterocycles. The lowest BCUT2D eigenvalue weighted by Crippen LogP contribution is -2.17. The second-order valence-corrected chi connectivity index (χ2v) is 4.52. The molecule has 0 aliphatic carbocycles. The Kier molecular flexibility index (Phi) is 2.48. The summed E-state index contributed by atoms with van der Waals surface area (Å²) in [4.78, 5) is 0. The van der Waals surface area contributed by atoms with Gasteiger partial charge < -0.3 is 11.1 Å². The minimum atomic E-state index is 0.494. The number of nitrogen functional groups attached to an aromatic ring is 1. The van der Waals surface area contributed by atoms with E-state index in [2.05, 4.69) is 41.7 Å². The smallest absolute Gasteiger partial charge is 0.0379 e. The van der Waals surface area contributed by atoms with Crippen molar-refractivity contribution in [3.63, 3.8) is 0 Å². The summed E-state index contributed by atoms with van der Waals surface area (Å²) in [5.74, 6) is 0.494. The Bertz CT molecular complexity index is 517. The highest BCUT2D eigenvalue weighted by molar-refractivity contribution is 5.57. The Morgan fingerprint density at radius 2 is 1.76 bits per heavy atom. The van der Waals surface area contributed by atoms with Gasteiger partial charge in [0.05, 0.1) is 0 Å². The summed E-state index contributed by atoms with van der Waals surface area (Å²) >= 11 is 0. The van der Waals surface area contributed by atoms with Crippen LogP contribution in [-0.2, 0) is 0 Å². The SMILES string of the molecule is Nc1ccc(C2CCNc3ccccc32)cc1. The number of benzene rings is 2. The van der Waals surface area contributed by atoms with Crippen molar-refractivity contribution < 1.29 is 0 Å². The number of rotatable bonds is 1. The van der Waals surface area contributed by atoms with Crippen LogP contribution < -0.4 is 11.1 Å². The molecule has 3 rings (SSSR count). The van der Waals surface area contributed by atoms with Crippen molar-refractivity contribution in [1.29, 1.82) is 0 Å². The molecule has 0 radical (unpaired) electrons. The summed E-state index contributed by atoms with van der Waals surface area (Å²) in [5, 5.41) is 3.45. The lowest BCUT2D eigenvalue weighted by Gasteiger charge is -2.27. The van der Waals surface area contributed by atoms with Crippen LogP contribution in [0.15, 0.2) is 48.5 Å². The van der Waals surface area contributed by atoms with Gasteiger partial charge in [0, 0.05) is 23.8 Å². The van der Waals surface area contributed by atoms with Crippen LogP contribution in [0.3, 0.4) is 0 Å². The molecule has 17 heavy (non-hydrogen) atoms. The third-order valence-corrected chi connectivity index (χ3v) is 3.42. The van der Waals surface area contributed by atoms with Gasteiger partial charge in [0.25, 0.3) is 0 Å². The Morgan fingerprint density at radius 3 is 2.59 bits per heavy atom. The maximum Gasteiger partial charge on any atom is 0.0379 e. The average molecular weight is 224 g/mol. The second-order valence-electron chi connectivity index (χ2n) is 4.52. The minimum absolute atomic E-state index is 0.494. The third kappa shape index (κ3) is 1.86. The predicted molar refractivity (Wildman–Crippen MR) is 72.2 cm³/mol. The van der Waals surface area contributed by atoms with Gasteiger partial charge in [-0.25, -0.2) is 0 Å². The molecule has 0 bridgehead atoms. The van der Waals surface area contributed by atoms with Crippen molar-refractivity contribution in [3.8, 4) is 0 Å². The highest BCUT2D eigenvalue weighted by Gasteiger charge is 2.20. The van der Waals surface area contributed by atoms with E-state index in [1.54, 1.807) is 0 Å². The van der Waals surface area contributed by atoms with Gasteiger partial charge in [-0.1, -0.05) is 30.3 Å². The molecule has 2 nitrogen and oxygen atoms in total. The molecule has 1 heterocycles. The summed E-state index contributed by atoms with van der Waals surface area (Å²) in [6, 6.07) is 16.8. The first kappa shape index (κ1) is 10.2. The predicted octanol–water partition coefficient (Wildman–Crippen LogP) is 3.22. The molecular formula is C15H16N2. The summed E-state index contributed by atoms with van der Waals surface area (Å²) < 4.78 is 0. The van der Waals surface area contributed by atoms with E-state index >= 15 is 0 Å². The quantitative estimate of drug-likeness (QED) is 0.730. The summed E-state index contributed by atoms with van der Waals surface area (Å²) in [5.41, 5.74) is 10.6. The first-order valence-electron chi connectivity index (χ1n) is 6.03. The number of fused-ring (bicyclic) bond motifs is 1. The van der Waals surface area contributed by atoms with Crippen molar-refractivity contribution in [1.82, 2.24) is 0 Å². The van der Waals surface area contributed by atoms with Crippen LogP contribution in [0.25, 0.3) is 0 Å². The van der Waals surface area contributed by atoms with Crippen LogP contribution >= 0.6 is 0 Å². The van der Waals surface area contributed by atoms with Crippen molar-refractivity contribution in [2.45, 2.75) is 12.3 Å². The Balaban J connectivity index is 2.03. The van der Waals surface area contributed by atoms with E-state index in [1.807, 2.05) is 12.1 Å². The zero-order chi connectivity index (χ0) is 11.7. The fraction of sp³-hybridized carbons (Fsp3) is 0.200. The largest absolute Gasteiger partial charge is 0.399 e. The average Bonchev–Trinajstić information content (AvgIpc) is 2.39. The zero-order valence-electron chi connectivity index (χ0n) is 9.69. The molecule has 1 aliphatic rings. The van der Waals surface area contributed by atoms with E-state index in [9.17, 15) is 0 Å². The van der Waals surface area contributed by atoms with Gasteiger partial charge >= 0.3 is 0 Å². The van der Waals surface area contributed by atoms with E-state index in [0.717, 1.165) is 18.7 Å². The fourth-order valence-corrected chi connectivity index (χ4v) is 2.54. The molecule has 1 aliphatic heterocycles. The number of nitrogens with one attached hydrogen (secondary N) is 1. The summed E-state index contributed by atoms with van der Waals surface area (Å²) in [7, 11) is 0. The molecule has 2 heteroatoms. The molecule has 0 saturated heterocycles. The molecule has 1 atom stereocenters. The standard InChI is InChI=1S/C15H16N2/c16-12-7-5-11(6-8-12)13-9-10-17-15-4-2-1-3-14(13)15/h1-8,13,17H,9-10,16H2. The maximum absolute atomic E-state index is 5.74. The lowest BCUT2D eigenvalue weighted by molar-refractivity contribution is 0.720. The van der Waals surface area contributed by atoms with Gasteiger partial charge in [-0.3, -0.25) is 0 Å². The lowest BCUT2D eigenvalue weighted by atomic mass is 9.85. The fourth-order valence-electron chi connectivity index (χ4n) is 2.54. The van der Waals surface area contributed by atoms with Crippen LogP contribution in [0.4, 0.5) is 11.4 Å². The van der Waals surface area contributed by atoms with Crippen molar-refractivity contribution in [2.75, 3.05) is 17.6 Å². The molecule has 3 N–H and O–H groups in total. The van der Waals surface area contributed by atoms with Crippen molar-refractivity contribution in [3.05, 3.63) is 59.7 Å². The number of nitrogens with two attached hydrogens (primary N) is 1. The molecule has 86 valence electrons. The number of hydrogen-bond acceptors (Lipinski definition) is 2. The minimum Gasteiger partial charge on any atom is -0.399 e. The van der Waals surface area contributed by atoms with E-state index in [-0.39, 0.29) is 0 Å². The number of para-hydroxylation sites is 1. The van der Waals surface area contributed by atoms with Crippen molar-refractivity contribution in [2.24, 2.45) is 0 Å². The molecular weight excluding hydrogens is 208 g/mol. The zero-order valence-corrected chi connectivity index (χ0v) is 9.69. The molecule has 0 fully saturated rings. The van der Waals surface area contributed by atoms with E-state index in [1.165, 1.54) is 16.8 Å². The van der Waals surface area contributed by atoms with Gasteiger partial charge in [-0.2, -0.15) is 0 Å². The highest BCUT2D eigenvalue weighted by atomic mass is 14.9. The van der Waals surface area contributed by atoms with E-state index in [0.29, 0.717) is 5.92 Å². The molecule has 1 unspecified atom stereocenters. The van der Waals surface area contributed by atoms with E-state index < -0.39 is 0 Å². The van der Waals surface area contributed by atoms with Crippen LogP contribution in [-0.4, -0.2) is 6.54 Å². The van der Waals surface area contributed by atoms with Gasteiger partial charge in [-0.15, -0.1) is 0 Å². The van der Waals surface area contributed by atoms with Gasteiger partial charge in [0.2, 0.25) is 0 Å². The Labute approximate surface area is 101 Å². The normalized spacial score (nSPS) is 18.2. The van der Waals surface area contributed by atoms with Crippen LogP contribution in [0, 0.1) is 0 Å². The second kappa shape index (κ2) is 4.13. The van der Waals surface area contributed by atoms with Crippen LogP contribution in [0.2, 0.25) is 0 Å². The van der Waals surface area contributed by atoms with Gasteiger partial charge in [0.1, 0.15) is 0 Å². The number of hydrogen-bond donors (Lipinski definition) is 2. The van der Waals surface area contributed by atoms with Crippen LogP contribution in [0.1, 0.15) is 23.5 Å². The molecule has 2 aromatic rings. The summed E-state index contributed by atoms with van der Waals surface area (Å²) in [6.07, 6.45) is 1.14. The van der Waals surface area contributed by atoms with Crippen molar-refractivity contribution >= 4 is 11.4 Å². The third-order valence-electron chi connectivity index (χ3n) is 3.42. The van der Waals surface area contributed by atoms with Crippen LogP contribution in [0.5, 0.6) is 0 Å². The first-order chi connectivity index (χ1) is 8.34. The monoisotopic (exact) mass is 224 g/mol. The Morgan fingerprint density at radius 1 is 1.00 bits per heavy atom. The van der Waals surface area contributed by atoms with Gasteiger partial charge in [0.15, 0.2) is 0 Å². The molecule has 0 amide bonds. The molecule has 0 spiro atoms. The number of anilines is 2. The maximum atomic E-state index is 5.74.